The van der Waals surface area contributed by atoms with Crippen molar-refractivity contribution in [2.24, 2.45) is 5.92 Å². The quantitative estimate of drug-likeness (QED) is 0.878. The van der Waals surface area contributed by atoms with Gasteiger partial charge in [-0.15, -0.1) is 0 Å². The fourth-order valence-electron chi connectivity index (χ4n) is 2.20. The Morgan fingerprint density at radius 3 is 2.44 bits per heavy atom. The molecule has 0 radical (unpaired) electrons. The van der Waals surface area contributed by atoms with Gasteiger partial charge in [-0.25, -0.2) is 13.1 Å². The molecule has 88 valence electrons. The van der Waals surface area contributed by atoms with Crippen molar-refractivity contribution < 1.29 is 8.42 Å². The summed E-state index contributed by atoms with van der Waals surface area (Å²) in [6.07, 6.45) is 3.02. The summed E-state index contributed by atoms with van der Waals surface area (Å²) in [5, 5.41) is 0. The van der Waals surface area contributed by atoms with E-state index in [2.05, 4.69) is 11.6 Å². The van der Waals surface area contributed by atoms with Crippen LogP contribution in [0.5, 0.6) is 0 Å². The van der Waals surface area contributed by atoms with Crippen LogP contribution < -0.4 is 4.72 Å². The molecule has 0 saturated heterocycles. The maximum Gasteiger partial charge on any atom is 0.240 e. The van der Waals surface area contributed by atoms with Crippen molar-refractivity contribution in [1.29, 1.82) is 0 Å². The van der Waals surface area contributed by atoms with Gasteiger partial charge in [0.05, 0.1) is 4.90 Å². The highest BCUT2D eigenvalue weighted by Gasteiger charge is 2.26. The normalized spacial score (nSPS) is 25.8. The van der Waals surface area contributed by atoms with Crippen molar-refractivity contribution in [2.75, 3.05) is 0 Å². The zero-order chi connectivity index (χ0) is 11.6. The molecule has 1 fully saturated rings. The molecule has 2 rings (SSSR count). The minimum absolute atomic E-state index is 0.111. The average Bonchev–Trinajstić information content (AvgIpc) is 2.64. The van der Waals surface area contributed by atoms with E-state index in [1.165, 1.54) is 0 Å². The Balaban J connectivity index is 2.09. The second-order valence-corrected chi connectivity index (χ2v) is 6.26. The van der Waals surface area contributed by atoms with Crippen LogP contribution in [0.1, 0.15) is 26.2 Å². The van der Waals surface area contributed by atoms with Gasteiger partial charge >= 0.3 is 0 Å². The molecule has 0 aromatic heterocycles. The third-order valence-corrected chi connectivity index (χ3v) is 4.61. The van der Waals surface area contributed by atoms with Crippen molar-refractivity contribution in [3.05, 3.63) is 30.3 Å². The Morgan fingerprint density at radius 1 is 1.19 bits per heavy atom. The first-order valence-electron chi connectivity index (χ1n) is 5.65. The predicted octanol–water partition coefficient (Wildman–Crippen LogP) is 2.15. The number of benzene rings is 1. The van der Waals surface area contributed by atoms with Gasteiger partial charge < -0.3 is 0 Å². The molecular formula is C12H17NO2S. The molecule has 3 nitrogen and oxygen atoms in total. The Kier molecular flexibility index (Phi) is 3.30. The monoisotopic (exact) mass is 239 g/mol. The van der Waals surface area contributed by atoms with E-state index in [-0.39, 0.29) is 6.04 Å². The van der Waals surface area contributed by atoms with E-state index < -0.39 is 10.0 Å². The van der Waals surface area contributed by atoms with Gasteiger partial charge in [0.15, 0.2) is 0 Å². The molecule has 1 aliphatic rings. The van der Waals surface area contributed by atoms with Gasteiger partial charge in [0.1, 0.15) is 0 Å². The second-order valence-electron chi connectivity index (χ2n) is 4.55. The van der Waals surface area contributed by atoms with Gasteiger partial charge in [0.2, 0.25) is 10.0 Å². The zero-order valence-electron chi connectivity index (χ0n) is 9.39. The lowest BCUT2D eigenvalue weighted by Gasteiger charge is -2.12. The van der Waals surface area contributed by atoms with E-state index in [0.29, 0.717) is 10.8 Å². The third-order valence-electron chi connectivity index (χ3n) is 3.07. The highest BCUT2D eigenvalue weighted by atomic mass is 32.2. The Labute approximate surface area is 96.9 Å². The minimum Gasteiger partial charge on any atom is -0.208 e. The van der Waals surface area contributed by atoms with Gasteiger partial charge in [0, 0.05) is 6.04 Å². The van der Waals surface area contributed by atoms with Crippen LogP contribution in [0.15, 0.2) is 35.2 Å². The number of rotatable bonds is 3. The Hall–Kier alpha value is -0.870. The van der Waals surface area contributed by atoms with E-state index >= 15 is 0 Å². The van der Waals surface area contributed by atoms with Crippen LogP contribution in [0, 0.1) is 5.92 Å². The van der Waals surface area contributed by atoms with Crippen LogP contribution in [0.4, 0.5) is 0 Å². The highest BCUT2D eigenvalue weighted by Crippen LogP contribution is 2.25. The molecule has 1 N–H and O–H groups in total. The zero-order valence-corrected chi connectivity index (χ0v) is 10.2. The van der Waals surface area contributed by atoms with Crippen molar-refractivity contribution in [3.63, 3.8) is 0 Å². The first kappa shape index (κ1) is 11.6. The Bertz CT molecular complexity index is 441. The molecule has 2 atom stereocenters. The lowest BCUT2D eigenvalue weighted by molar-refractivity contribution is 0.538. The molecule has 0 unspecified atom stereocenters. The van der Waals surface area contributed by atoms with Crippen LogP contribution in [-0.2, 0) is 10.0 Å². The fraction of sp³-hybridized carbons (Fsp3) is 0.500. The molecule has 0 amide bonds. The summed E-state index contributed by atoms with van der Waals surface area (Å²) in [6, 6.07) is 8.66. The van der Waals surface area contributed by atoms with Crippen molar-refractivity contribution in [1.82, 2.24) is 4.72 Å². The molecule has 1 saturated carbocycles. The van der Waals surface area contributed by atoms with Crippen molar-refractivity contribution in [3.8, 4) is 0 Å². The summed E-state index contributed by atoms with van der Waals surface area (Å²) in [5.74, 6) is 0.628. The van der Waals surface area contributed by atoms with E-state index in [1.807, 2.05) is 6.07 Å². The topological polar surface area (TPSA) is 46.2 Å². The van der Waals surface area contributed by atoms with E-state index in [4.69, 9.17) is 0 Å². The van der Waals surface area contributed by atoms with Crippen LogP contribution in [0.3, 0.4) is 0 Å². The molecule has 1 aromatic rings. The van der Waals surface area contributed by atoms with Gasteiger partial charge in [-0.3, -0.25) is 0 Å². The fourth-order valence-corrected chi connectivity index (χ4v) is 3.51. The standard InChI is InChI=1S/C12H17NO2S/c1-10-7-8-11(9-10)13-16(14,15)12-5-3-2-4-6-12/h2-6,10-11,13H,7-9H2,1H3/t10-,11+/m1/s1. The summed E-state index contributed by atoms with van der Waals surface area (Å²) >= 11 is 0. The molecule has 0 bridgehead atoms. The van der Waals surface area contributed by atoms with Gasteiger partial charge in [-0.05, 0) is 37.3 Å². The van der Waals surface area contributed by atoms with Crippen LogP contribution >= 0.6 is 0 Å². The molecule has 1 aliphatic carbocycles. The second kappa shape index (κ2) is 4.55. The minimum atomic E-state index is -3.32. The highest BCUT2D eigenvalue weighted by molar-refractivity contribution is 7.89. The first-order valence-corrected chi connectivity index (χ1v) is 7.13. The summed E-state index contributed by atoms with van der Waals surface area (Å²) in [5.41, 5.74) is 0. The number of nitrogens with one attached hydrogen (secondary N) is 1. The summed E-state index contributed by atoms with van der Waals surface area (Å²) in [7, 11) is -3.32. The van der Waals surface area contributed by atoms with E-state index in [9.17, 15) is 8.42 Å². The van der Waals surface area contributed by atoms with Crippen LogP contribution in [-0.4, -0.2) is 14.5 Å². The van der Waals surface area contributed by atoms with Crippen LogP contribution in [0.25, 0.3) is 0 Å². The van der Waals surface area contributed by atoms with Crippen molar-refractivity contribution in [2.45, 2.75) is 37.1 Å². The lowest BCUT2D eigenvalue weighted by Crippen LogP contribution is -2.32. The largest absolute Gasteiger partial charge is 0.240 e. The molecule has 0 spiro atoms. The first-order chi connectivity index (χ1) is 7.58. The van der Waals surface area contributed by atoms with Gasteiger partial charge in [0.25, 0.3) is 0 Å². The summed E-state index contributed by atoms with van der Waals surface area (Å²) in [4.78, 5) is 0.356. The molecule has 16 heavy (non-hydrogen) atoms. The van der Waals surface area contributed by atoms with E-state index in [1.54, 1.807) is 24.3 Å². The maximum absolute atomic E-state index is 12.0. The lowest BCUT2D eigenvalue weighted by atomic mass is 10.1. The van der Waals surface area contributed by atoms with Crippen LogP contribution in [0.2, 0.25) is 0 Å². The van der Waals surface area contributed by atoms with Gasteiger partial charge in [-0.2, -0.15) is 0 Å². The molecule has 4 heteroatoms. The number of hydrogen-bond acceptors (Lipinski definition) is 2. The molecule has 1 aromatic carbocycles. The number of sulfonamides is 1. The predicted molar refractivity (Wildman–Crippen MR) is 63.6 cm³/mol. The Morgan fingerprint density at radius 2 is 1.88 bits per heavy atom. The SMILES string of the molecule is C[C@@H]1CC[C@H](NS(=O)(=O)c2ccccc2)C1. The smallest absolute Gasteiger partial charge is 0.208 e. The van der Waals surface area contributed by atoms with E-state index in [0.717, 1.165) is 19.3 Å². The summed E-state index contributed by atoms with van der Waals surface area (Å²) < 4.78 is 26.7. The van der Waals surface area contributed by atoms with Crippen molar-refractivity contribution >= 4 is 10.0 Å². The molecule has 0 aliphatic heterocycles. The summed E-state index contributed by atoms with van der Waals surface area (Å²) in [6.45, 7) is 2.16. The average molecular weight is 239 g/mol. The molecule has 0 heterocycles. The van der Waals surface area contributed by atoms with Gasteiger partial charge in [-0.1, -0.05) is 25.1 Å². The number of hydrogen-bond donors (Lipinski definition) is 1. The third kappa shape index (κ3) is 2.62. The molecular weight excluding hydrogens is 222 g/mol. The maximum atomic E-state index is 12.0.